The van der Waals surface area contributed by atoms with Crippen LogP contribution in [0, 0.1) is 6.92 Å². The molecular weight excluding hydrogens is 536 g/mol. The van der Waals surface area contributed by atoms with Crippen molar-refractivity contribution in [3.8, 4) is 5.75 Å². The zero-order chi connectivity index (χ0) is 29.1. The SMILES string of the molecule is C=CC(=O)Nc1cc(Nc2cc(N3OCCC3c3ccc(C)nc3)ncn2)c(OC)cc1N1CCN(C2COC2)CC1. The van der Waals surface area contributed by atoms with E-state index in [1.807, 2.05) is 42.4 Å². The number of carbonyl (C=O) groups excluding carboxylic acids is 1. The highest BCUT2D eigenvalue weighted by atomic mass is 16.7. The Labute approximate surface area is 245 Å². The van der Waals surface area contributed by atoms with Crippen LogP contribution in [0.4, 0.5) is 28.7 Å². The van der Waals surface area contributed by atoms with Gasteiger partial charge in [0.15, 0.2) is 5.82 Å². The second-order valence-electron chi connectivity index (χ2n) is 10.6. The first-order valence-electron chi connectivity index (χ1n) is 14.2. The maximum absolute atomic E-state index is 12.4. The Bertz CT molecular complexity index is 1420. The van der Waals surface area contributed by atoms with E-state index in [4.69, 9.17) is 14.3 Å². The molecule has 2 aromatic heterocycles. The van der Waals surface area contributed by atoms with E-state index in [1.165, 1.54) is 12.4 Å². The highest BCUT2D eigenvalue weighted by Crippen LogP contribution is 2.40. The van der Waals surface area contributed by atoms with Gasteiger partial charge in [-0.2, -0.15) is 0 Å². The summed E-state index contributed by atoms with van der Waals surface area (Å²) in [5.74, 6) is 1.52. The van der Waals surface area contributed by atoms with Crippen molar-refractivity contribution in [3.05, 3.63) is 66.8 Å². The molecule has 12 heteroatoms. The molecule has 3 aromatic rings. The topological polar surface area (TPSA) is 117 Å². The van der Waals surface area contributed by atoms with Crippen LogP contribution in [0.3, 0.4) is 0 Å². The van der Waals surface area contributed by atoms with E-state index in [1.54, 1.807) is 7.11 Å². The summed E-state index contributed by atoms with van der Waals surface area (Å²) in [6.45, 7) is 11.3. The van der Waals surface area contributed by atoms with Crippen LogP contribution in [0.2, 0.25) is 0 Å². The van der Waals surface area contributed by atoms with Crippen LogP contribution in [-0.4, -0.2) is 84.9 Å². The summed E-state index contributed by atoms with van der Waals surface area (Å²) in [4.78, 5) is 36.5. The molecule has 0 radical (unpaired) electrons. The van der Waals surface area contributed by atoms with Crippen molar-refractivity contribution in [2.45, 2.75) is 25.4 Å². The number of aryl methyl sites for hydroxylation is 1. The van der Waals surface area contributed by atoms with Crippen molar-refractivity contribution in [1.82, 2.24) is 19.9 Å². The molecule has 3 saturated heterocycles. The molecule has 0 saturated carbocycles. The van der Waals surface area contributed by atoms with Crippen molar-refractivity contribution in [3.63, 3.8) is 0 Å². The number of nitrogens with zero attached hydrogens (tertiary/aromatic N) is 6. The molecule has 12 nitrogen and oxygen atoms in total. The summed E-state index contributed by atoms with van der Waals surface area (Å²) in [7, 11) is 1.63. The largest absolute Gasteiger partial charge is 0.494 e. The van der Waals surface area contributed by atoms with Gasteiger partial charge in [0.05, 0.1) is 56.1 Å². The van der Waals surface area contributed by atoms with Crippen molar-refractivity contribution in [1.29, 1.82) is 0 Å². The Morgan fingerprint density at radius 1 is 1.10 bits per heavy atom. The number of hydroxylamine groups is 1. The molecule has 1 aromatic carbocycles. The van der Waals surface area contributed by atoms with Crippen molar-refractivity contribution >= 4 is 34.6 Å². The van der Waals surface area contributed by atoms with Gasteiger partial charge in [-0.3, -0.25) is 19.5 Å². The molecule has 1 amide bonds. The minimum atomic E-state index is -0.287. The van der Waals surface area contributed by atoms with Crippen LogP contribution in [0.1, 0.15) is 23.7 Å². The van der Waals surface area contributed by atoms with Gasteiger partial charge in [-0.25, -0.2) is 15.0 Å². The summed E-state index contributed by atoms with van der Waals surface area (Å²) in [5, 5.41) is 8.15. The molecule has 3 fully saturated rings. The monoisotopic (exact) mass is 572 g/mol. The van der Waals surface area contributed by atoms with Gasteiger partial charge in [-0.05, 0) is 30.7 Å². The third-order valence-electron chi connectivity index (χ3n) is 7.92. The molecule has 3 aliphatic heterocycles. The molecular formula is C30H36N8O4. The van der Waals surface area contributed by atoms with Gasteiger partial charge < -0.3 is 25.0 Å². The fourth-order valence-electron chi connectivity index (χ4n) is 5.49. The van der Waals surface area contributed by atoms with E-state index < -0.39 is 0 Å². The minimum Gasteiger partial charge on any atom is -0.494 e. The number of ether oxygens (including phenoxy) is 2. The van der Waals surface area contributed by atoms with E-state index >= 15 is 0 Å². The Morgan fingerprint density at radius 3 is 2.62 bits per heavy atom. The van der Waals surface area contributed by atoms with Gasteiger partial charge in [-0.1, -0.05) is 12.6 Å². The first kappa shape index (κ1) is 27.9. The Kier molecular flexibility index (Phi) is 8.17. The molecule has 0 bridgehead atoms. The van der Waals surface area contributed by atoms with Gasteiger partial charge in [0.25, 0.3) is 0 Å². The van der Waals surface area contributed by atoms with E-state index in [9.17, 15) is 4.79 Å². The number of nitrogens with one attached hydrogen (secondary N) is 2. The van der Waals surface area contributed by atoms with E-state index in [2.05, 4.69) is 48.0 Å². The summed E-state index contributed by atoms with van der Waals surface area (Å²) in [5.41, 5.74) is 4.23. The van der Waals surface area contributed by atoms with Crippen LogP contribution in [0.25, 0.3) is 0 Å². The zero-order valence-electron chi connectivity index (χ0n) is 24.0. The quantitative estimate of drug-likeness (QED) is 0.367. The molecule has 220 valence electrons. The van der Waals surface area contributed by atoms with E-state index in [0.717, 1.165) is 62.8 Å². The Morgan fingerprint density at radius 2 is 1.93 bits per heavy atom. The lowest BCUT2D eigenvalue weighted by molar-refractivity contribution is -0.111. The van der Waals surface area contributed by atoms with Crippen molar-refractivity contribution < 1.29 is 19.1 Å². The lowest BCUT2D eigenvalue weighted by Crippen LogP contribution is -2.56. The predicted octanol–water partition coefficient (Wildman–Crippen LogP) is 3.46. The molecule has 0 spiro atoms. The van der Waals surface area contributed by atoms with Gasteiger partial charge in [0, 0.05) is 56.6 Å². The Balaban J connectivity index is 1.25. The maximum atomic E-state index is 12.4. The van der Waals surface area contributed by atoms with Crippen LogP contribution >= 0.6 is 0 Å². The lowest BCUT2D eigenvalue weighted by Gasteiger charge is -2.43. The second kappa shape index (κ2) is 12.3. The van der Waals surface area contributed by atoms with E-state index in [-0.39, 0.29) is 11.9 Å². The molecule has 42 heavy (non-hydrogen) atoms. The van der Waals surface area contributed by atoms with Crippen LogP contribution in [-0.2, 0) is 14.4 Å². The molecule has 0 aliphatic carbocycles. The first-order valence-corrected chi connectivity index (χ1v) is 14.2. The highest BCUT2D eigenvalue weighted by molar-refractivity contribution is 6.02. The number of rotatable bonds is 9. The van der Waals surface area contributed by atoms with Crippen LogP contribution in [0.15, 0.2) is 55.5 Å². The third kappa shape index (κ3) is 5.87. The smallest absolute Gasteiger partial charge is 0.247 e. The molecule has 3 aliphatic rings. The average Bonchev–Trinajstić information content (AvgIpc) is 3.48. The number of benzene rings is 1. The van der Waals surface area contributed by atoms with Crippen LogP contribution < -0.4 is 25.3 Å². The van der Waals surface area contributed by atoms with Crippen molar-refractivity contribution in [2.24, 2.45) is 0 Å². The molecule has 6 rings (SSSR count). The van der Waals surface area contributed by atoms with E-state index in [0.29, 0.717) is 41.4 Å². The number of pyridine rings is 1. The number of amides is 1. The lowest BCUT2D eigenvalue weighted by atomic mass is 10.1. The number of aromatic nitrogens is 3. The predicted molar refractivity (Wildman–Crippen MR) is 160 cm³/mol. The van der Waals surface area contributed by atoms with Gasteiger partial charge in [0.2, 0.25) is 5.91 Å². The second-order valence-corrected chi connectivity index (χ2v) is 10.6. The third-order valence-corrected chi connectivity index (χ3v) is 7.92. The summed E-state index contributed by atoms with van der Waals surface area (Å²) in [6, 6.07) is 10.2. The van der Waals surface area contributed by atoms with Gasteiger partial charge >= 0.3 is 0 Å². The number of anilines is 5. The standard InChI is InChI=1S/C30H36N8O4/c1-4-30(39)35-23-13-24(27(40-3)14-26(23)37-10-8-36(9-11-37)22-17-41-18-22)34-28-15-29(33-19-32-28)38-25(7-12-42-38)21-6-5-20(2)31-16-21/h4-6,13-16,19,22,25H,1,7-12,17-18H2,2-3H3,(H,35,39)(H,32,33,34). The maximum Gasteiger partial charge on any atom is 0.247 e. The summed E-state index contributed by atoms with van der Waals surface area (Å²) >= 11 is 0. The van der Waals surface area contributed by atoms with Crippen LogP contribution in [0.5, 0.6) is 5.75 Å². The first-order chi connectivity index (χ1) is 20.5. The number of piperazine rings is 1. The summed E-state index contributed by atoms with van der Waals surface area (Å²) < 4.78 is 11.2. The molecule has 1 unspecified atom stereocenters. The highest BCUT2D eigenvalue weighted by Gasteiger charge is 2.31. The number of hydrogen-bond donors (Lipinski definition) is 2. The van der Waals surface area contributed by atoms with Crippen molar-refractivity contribution in [2.75, 3.05) is 73.7 Å². The fraction of sp³-hybridized carbons (Fsp3) is 0.400. The van der Waals surface area contributed by atoms with Gasteiger partial charge in [0.1, 0.15) is 17.9 Å². The average molecular weight is 573 g/mol. The van der Waals surface area contributed by atoms with Gasteiger partial charge in [-0.15, -0.1) is 0 Å². The molecule has 1 atom stereocenters. The molecule has 5 heterocycles. The molecule has 2 N–H and O–H groups in total. The normalized spacial score (nSPS) is 19.3. The fourth-order valence-corrected chi connectivity index (χ4v) is 5.49. The zero-order valence-corrected chi connectivity index (χ0v) is 24.0. The summed E-state index contributed by atoms with van der Waals surface area (Å²) in [6.07, 6.45) is 5.47. The number of methoxy groups -OCH3 is 1. The number of carbonyl (C=O) groups is 1. The number of hydrogen-bond acceptors (Lipinski definition) is 11. The Hall–Kier alpha value is -4.26. The minimum absolute atomic E-state index is 0.00678.